The van der Waals surface area contributed by atoms with Gasteiger partial charge in [-0.25, -0.2) is 4.99 Å². The number of nitrogens with zero attached hydrogens (tertiary/aromatic N) is 2. The van der Waals surface area contributed by atoms with E-state index in [1.807, 2.05) is 0 Å². The SMILES string of the molecule is O=[N+]([O-])c1ccc(Oc2ccc(C(F)(F)F)cc2Cl)cc1C1=NCCO1. The van der Waals surface area contributed by atoms with Crippen LogP contribution < -0.4 is 4.74 Å². The Balaban J connectivity index is 1.93. The van der Waals surface area contributed by atoms with Gasteiger partial charge in [0.1, 0.15) is 23.7 Å². The van der Waals surface area contributed by atoms with Gasteiger partial charge in [-0.1, -0.05) is 11.6 Å². The molecule has 0 saturated heterocycles. The largest absolute Gasteiger partial charge is 0.475 e. The Kier molecular flexibility index (Phi) is 4.73. The van der Waals surface area contributed by atoms with Crippen molar-refractivity contribution in [3.63, 3.8) is 0 Å². The van der Waals surface area contributed by atoms with Gasteiger partial charge < -0.3 is 9.47 Å². The molecule has 0 aromatic heterocycles. The van der Waals surface area contributed by atoms with E-state index in [-0.39, 0.29) is 33.7 Å². The van der Waals surface area contributed by atoms with Gasteiger partial charge in [0.25, 0.3) is 5.69 Å². The number of benzene rings is 2. The van der Waals surface area contributed by atoms with Gasteiger partial charge in [-0.3, -0.25) is 10.1 Å². The molecule has 1 aliphatic rings. The molecular formula is C16H10ClF3N2O4. The zero-order valence-electron chi connectivity index (χ0n) is 12.9. The molecule has 1 heterocycles. The zero-order valence-corrected chi connectivity index (χ0v) is 13.7. The third-order valence-electron chi connectivity index (χ3n) is 3.47. The van der Waals surface area contributed by atoms with Crippen molar-refractivity contribution < 1.29 is 27.6 Å². The minimum atomic E-state index is -4.53. The molecule has 136 valence electrons. The van der Waals surface area contributed by atoms with Crippen molar-refractivity contribution in [2.75, 3.05) is 13.2 Å². The number of hydrogen-bond acceptors (Lipinski definition) is 5. The summed E-state index contributed by atoms with van der Waals surface area (Å²) in [5, 5.41) is 10.9. The van der Waals surface area contributed by atoms with Crippen molar-refractivity contribution in [1.29, 1.82) is 0 Å². The molecule has 26 heavy (non-hydrogen) atoms. The first-order valence-electron chi connectivity index (χ1n) is 7.26. The van der Waals surface area contributed by atoms with Crippen molar-refractivity contribution in [1.82, 2.24) is 0 Å². The van der Waals surface area contributed by atoms with Crippen molar-refractivity contribution >= 4 is 23.2 Å². The highest BCUT2D eigenvalue weighted by molar-refractivity contribution is 6.32. The highest BCUT2D eigenvalue weighted by Gasteiger charge is 2.31. The topological polar surface area (TPSA) is 74.0 Å². The van der Waals surface area contributed by atoms with Gasteiger partial charge in [0.2, 0.25) is 5.90 Å². The van der Waals surface area contributed by atoms with E-state index >= 15 is 0 Å². The Labute approximate surface area is 150 Å². The molecule has 0 fully saturated rings. The van der Waals surface area contributed by atoms with Gasteiger partial charge in [-0.2, -0.15) is 13.2 Å². The third-order valence-corrected chi connectivity index (χ3v) is 3.76. The van der Waals surface area contributed by atoms with E-state index in [0.29, 0.717) is 13.2 Å². The Morgan fingerprint density at radius 2 is 2.00 bits per heavy atom. The highest BCUT2D eigenvalue weighted by atomic mass is 35.5. The molecular weight excluding hydrogens is 377 g/mol. The molecule has 2 aromatic carbocycles. The molecule has 10 heteroatoms. The number of rotatable bonds is 4. The summed E-state index contributed by atoms with van der Waals surface area (Å²) < 4.78 is 48.8. The minimum absolute atomic E-state index is 0.0197. The first-order valence-corrected chi connectivity index (χ1v) is 7.64. The first kappa shape index (κ1) is 18.0. The molecule has 0 unspecified atom stereocenters. The van der Waals surface area contributed by atoms with E-state index in [0.717, 1.165) is 18.2 Å². The van der Waals surface area contributed by atoms with Crippen molar-refractivity contribution in [3.05, 3.63) is 62.7 Å². The van der Waals surface area contributed by atoms with E-state index < -0.39 is 16.7 Å². The van der Waals surface area contributed by atoms with Crippen LogP contribution in [-0.4, -0.2) is 24.0 Å². The van der Waals surface area contributed by atoms with Crippen molar-refractivity contribution in [3.8, 4) is 11.5 Å². The molecule has 0 amide bonds. The summed E-state index contributed by atoms with van der Waals surface area (Å²) in [6, 6.07) is 6.50. The van der Waals surface area contributed by atoms with Gasteiger partial charge in [0.05, 0.1) is 22.1 Å². The van der Waals surface area contributed by atoms with E-state index in [1.54, 1.807) is 0 Å². The van der Waals surface area contributed by atoms with Gasteiger partial charge >= 0.3 is 6.18 Å². The fourth-order valence-corrected chi connectivity index (χ4v) is 2.51. The molecule has 1 aliphatic heterocycles. The highest BCUT2D eigenvalue weighted by Crippen LogP contribution is 2.37. The Hall–Kier alpha value is -2.81. The maximum Gasteiger partial charge on any atom is 0.416 e. The molecule has 3 rings (SSSR count). The molecule has 0 aliphatic carbocycles. The predicted molar refractivity (Wildman–Crippen MR) is 87.0 cm³/mol. The van der Waals surface area contributed by atoms with E-state index in [2.05, 4.69) is 4.99 Å². The monoisotopic (exact) mass is 386 g/mol. The summed E-state index contributed by atoms with van der Waals surface area (Å²) >= 11 is 5.85. The fraction of sp³-hybridized carbons (Fsp3) is 0.188. The predicted octanol–water partition coefficient (Wildman–Crippen LogP) is 4.84. The van der Waals surface area contributed by atoms with Crippen molar-refractivity contribution in [2.45, 2.75) is 6.18 Å². The summed E-state index contributed by atoms with van der Waals surface area (Å²) in [6.45, 7) is 0.685. The summed E-state index contributed by atoms with van der Waals surface area (Å²) in [5.74, 6) is 0.236. The van der Waals surface area contributed by atoms with Crippen LogP contribution in [0.5, 0.6) is 11.5 Å². The van der Waals surface area contributed by atoms with E-state index in [1.165, 1.54) is 18.2 Å². The van der Waals surface area contributed by atoms with Crippen LogP contribution in [0.3, 0.4) is 0 Å². The van der Waals surface area contributed by atoms with Crippen LogP contribution in [-0.2, 0) is 10.9 Å². The maximum absolute atomic E-state index is 12.7. The van der Waals surface area contributed by atoms with Gasteiger partial charge in [0, 0.05) is 12.1 Å². The Morgan fingerprint density at radius 3 is 2.58 bits per heavy atom. The van der Waals surface area contributed by atoms with Gasteiger partial charge in [-0.15, -0.1) is 0 Å². The molecule has 0 N–H and O–H groups in total. The molecule has 2 aromatic rings. The standard InChI is InChI=1S/C16H10ClF3N2O4/c17-12-7-9(16(18,19)20)1-4-14(12)26-10-2-3-13(22(23)24)11(8-10)15-21-5-6-25-15/h1-4,7-8H,5-6H2. The van der Waals surface area contributed by atoms with Crippen LogP contribution in [0.4, 0.5) is 18.9 Å². The summed E-state index contributed by atoms with van der Waals surface area (Å²) in [5.41, 5.74) is -1.02. The average molecular weight is 387 g/mol. The molecule has 0 spiro atoms. The lowest BCUT2D eigenvalue weighted by Gasteiger charge is -2.12. The van der Waals surface area contributed by atoms with E-state index in [9.17, 15) is 23.3 Å². The summed E-state index contributed by atoms with van der Waals surface area (Å²) in [7, 11) is 0. The molecule has 0 radical (unpaired) electrons. The van der Waals surface area contributed by atoms with E-state index in [4.69, 9.17) is 21.1 Å². The number of hydrogen-bond donors (Lipinski definition) is 0. The van der Waals surface area contributed by atoms with Crippen LogP contribution in [0.25, 0.3) is 0 Å². The third kappa shape index (κ3) is 3.72. The fourth-order valence-electron chi connectivity index (χ4n) is 2.29. The number of alkyl halides is 3. The number of aliphatic imine (C=N–C) groups is 1. The molecule has 0 bridgehead atoms. The summed E-state index contributed by atoms with van der Waals surface area (Å²) in [4.78, 5) is 14.6. The molecule has 6 nitrogen and oxygen atoms in total. The lowest BCUT2D eigenvalue weighted by atomic mass is 10.1. The Bertz CT molecular complexity index is 900. The number of ether oxygens (including phenoxy) is 2. The number of nitro benzene ring substituents is 1. The number of nitro groups is 1. The van der Waals surface area contributed by atoms with Crippen LogP contribution in [0.15, 0.2) is 41.4 Å². The summed E-state index contributed by atoms with van der Waals surface area (Å²) in [6.07, 6.45) is -4.53. The lowest BCUT2D eigenvalue weighted by Crippen LogP contribution is -2.06. The molecule has 0 saturated carbocycles. The quantitative estimate of drug-likeness (QED) is 0.557. The normalized spacial score (nSPS) is 13.9. The second-order valence-electron chi connectivity index (χ2n) is 5.22. The van der Waals surface area contributed by atoms with Crippen LogP contribution in [0, 0.1) is 10.1 Å². The number of halogens is 4. The van der Waals surface area contributed by atoms with Crippen LogP contribution in [0.1, 0.15) is 11.1 Å². The van der Waals surface area contributed by atoms with Crippen LogP contribution in [0.2, 0.25) is 5.02 Å². The lowest BCUT2D eigenvalue weighted by molar-refractivity contribution is -0.385. The van der Waals surface area contributed by atoms with Crippen molar-refractivity contribution in [2.24, 2.45) is 4.99 Å². The second kappa shape index (κ2) is 6.83. The molecule has 0 atom stereocenters. The van der Waals surface area contributed by atoms with Gasteiger partial charge in [0.15, 0.2) is 0 Å². The minimum Gasteiger partial charge on any atom is -0.475 e. The first-order chi connectivity index (χ1) is 12.3. The average Bonchev–Trinajstić information content (AvgIpc) is 3.10. The zero-order chi connectivity index (χ0) is 18.9. The smallest absolute Gasteiger partial charge is 0.416 e. The Morgan fingerprint density at radius 1 is 1.23 bits per heavy atom. The second-order valence-corrected chi connectivity index (χ2v) is 5.62. The van der Waals surface area contributed by atoms with Gasteiger partial charge in [-0.05, 0) is 24.3 Å². The maximum atomic E-state index is 12.7. The van der Waals surface area contributed by atoms with Crippen LogP contribution >= 0.6 is 11.6 Å².